The number of hydrogen-bond donors (Lipinski definition) is 2. The van der Waals surface area contributed by atoms with Gasteiger partial charge in [0.1, 0.15) is 0 Å². The molecule has 0 heterocycles. The summed E-state index contributed by atoms with van der Waals surface area (Å²) in [6.45, 7) is 0. The molecule has 0 bridgehead atoms. The quantitative estimate of drug-likeness (QED) is 0.743. The predicted octanol–water partition coefficient (Wildman–Crippen LogP) is 0.933. The average molecular weight is 230 g/mol. The Balaban J connectivity index is 2.20. The highest BCUT2D eigenvalue weighted by Crippen LogP contribution is 2.20. The molecular formula is C10H9F3N2O. The minimum absolute atomic E-state index is 0.141. The van der Waals surface area contributed by atoms with Gasteiger partial charge in [0.15, 0.2) is 17.5 Å². The predicted molar refractivity (Wildman–Crippen MR) is 50.2 cm³/mol. The zero-order valence-electron chi connectivity index (χ0n) is 8.14. The van der Waals surface area contributed by atoms with Crippen LogP contribution in [0.15, 0.2) is 12.1 Å². The second kappa shape index (κ2) is 3.79. The highest BCUT2D eigenvalue weighted by atomic mass is 19.2. The summed E-state index contributed by atoms with van der Waals surface area (Å²) in [6.07, 6.45) is 0.608. The lowest BCUT2D eigenvalue weighted by atomic mass is 10.2. The van der Waals surface area contributed by atoms with Crippen LogP contribution in [0.1, 0.15) is 16.8 Å². The Morgan fingerprint density at radius 1 is 1.31 bits per heavy atom. The summed E-state index contributed by atoms with van der Waals surface area (Å²) in [5, 5.41) is 2.41. The van der Waals surface area contributed by atoms with Crippen LogP contribution in [-0.4, -0.2) is 18.0 Å². The van der Waals surface area contributed by atoms with Gasteiger partial charge in [0.25, 0.3) is 5.91 Å². The molecule has 86 valence electrons. The molecule has 1 saturated carbocycles. The second-order valence-corrected chi connectivity index (χ2v) is 3.70. The van der Waals surface area contributed by atoms with Crippen LogP contribution in [0.3, 0.4) is 0 Å². The van der Waals surface area contributed by atoms with Gasteiger partial charge in [-0.3, -0.25) is 4.79 Å². The van der Waals surface area contributed by atoms with E-state index in [1.165, 1.54) is 0 Å². The second-order valence-electron chi connectivity index (χ2n) is 3.70. The van der Waals surface area contributed by atoms with E-state index >= 15 is 0 Å². The van der Waals surface area contributed by atoms with Gasteiger partial charge in [-0.15, -0.1) is 0 Å². The van der Waals surface area contributed by atoms with Crippen molar-refractivity contribution in [2.75, 3.05) is 0 Å². The summed E-state index contributed by atoms with van der Waals surface area (Å²) in [4.78, 5) is 11.4. The van der Waals surface area contributed by atoms with Crippen molar-refractivity contribution >= 4 is 5.91 Å². The van der Waals surface area contributed by atoms with Gasteiger partial charge in [0.2, 0.25) is 0 Å². The third-order valence-electron chi connectivity index (χ3n) is 2.44. The topological polar surface area (TPSA) is 55.1 Å². The Labute approximate surface area is 89.4 Å². The van der Waals surface area contributed by atoms with Gasteiger partial charge in [0.05, 0.1) is 5.56 Å². The van der Waals surface area contributed by atoms with E-state index in [-0.39, 0.29) is 12.1 Å². The van der Waals surface area contributed by atoms with Crippen molar-refractivity contribution in [3.05, 3.63) is 35.1 Å². The molecule has 3 N–H and O–H groups in total. The van der Waals surface area contributed by atoms with Gasteiger partial charge >= 0.3 is 0 Å². The first-order valence-corrected chi connectivity index (χ1v) is 4.70. The molecule has 0 saturated heterocycles. The van der Waals surface area contributed by atoms with Crippen molar-refractivity contribution in [3.8, 4) is 0 Å². The fraction of sp³-hybridized carbons (Fsp3) is 0.300. The third kappa shape index (κ3) is 1.88. The maximum Gasteiger partial charge on any atom is 0.254 e. The Bertz CT molecular complexity index is 450. The molecule has 1 aliphatic rings. The number of nitrogens with two attached hydrogens (primary N) is 1. The summed E-state index contributed by atoms with van der Waals surface area (Å²) in [7, 11) is 0. The van der Waals surface area contributed by atoms with Crippen molar-refractivity contribution in [3.63, 3.8) is 0 Å². The normalized spacial score (nSPS) is 23.0. The Hall–Kier alpha value is -1.56. The summed E-state index contributed by atoms with van der Waals surface area (Å²) in [5.41, 5.74) is 4.93. The van der Waals surface area contributed by atoms with Crippen LogP contribution >= 0.6 is 0 Å². The van der Waals surface area contributed by atoms with Gasteiger partial charge in [0, 0.05) is 12.1 Å². The molecule has 1 amide bonds. The summed E-state index contributed by atoms with van der Waals surface area (Å²) < 4.78 is 38.6. The van der Waals surface area contributed by atoms with E-state index in [1.807, 2.05) is 0 Å². The maximum atomic E-state index is 13.2. The van der Waals surface area contributed by atoms with E-state index in [1.54, 1.807) is 0 Å². The average Bonchev–Trinajstić information content (AvgIpc) is 2.90. The van der Waals surface area contributed by atoms with Crippen molar-refractivity contribution in [2.24, 2.45) is 5.73 Å². The molecular weight excluding hydrogens is 221 g/mol. The number of carbonyl (C=O) groups excluding carboxylic acids is 1. The summed E-state index contributed by atoms with van der Waals surface area (Å²) in [5.74, 6) is -5.23. The fourth-order valence-corrected chi connectivity index (χ4v) is 1.33. The molecule has 16 heavy (non-hydrogen) atoms. The first-order valence-electron chi connectivity index (χ1n) is 4.70. The van der Waals surface area contributed by atoms with Crippen LogP contribution < -0.4 is 11.1 Å². The number of nitrogens with one attached hydrogen (secondary N) is 1. The number of halogens is 3. The molecule has 1 aromatic carbocycles. The van der Waals surface area contributed by atoms with Crippen LogP contribution in [0, 0.1) is 17.5 Å². The molecule has 1 aliphatic carbocycles. The van der Waals surface area contributed by atoms with Gasteiger partial charge < -0.3 is 11.1 Å². The van der Waals surface area contributed by atoms with E-state index < -0.39 is 28.9 Å². The Kier molecular flexibility index (Phi) is 2.59. The number of benzene rings is 1. The molecule has 0 spiro atoms. The number of hydrogen-bond acceptors (Lipinski definition) is 2. The van der Waals surface area contributed by atoms with Crippen LogP contribution in [0.25, 0.3) is 0 Å². The van der Waals surface area contributed by atoms with Gasteiger partial charge in [-0.2, -0.15) is 0 Å². The van der Waals surface area contributed by atoms with E-state index in [0.717, 1.165) is 6.07 Å². The third-order valence-corrected chi connectivity index (χ3v) is 2.44. The van der Waals surface area contributed by atoms with E-state index in [2.05, 4.69) is 5.32 Å². The standard InChI is InChI=1S/C10H9F3N2O/c11-5-2-1-4(8(12)9(5)13)10(16)15-7-3-6(7)14/h1-2,6-7H,3,14H2,(H,15,16). The smallest absolute Gasteiger partial charge is 0.254 e. The van der Waals surface area contributed by atoms with E-state index in [0.29, 0.717) is 12.5 Å². The van der Waals surface area contributed by atoms with Crippen LogP contribution in [0.5, 0.6) is 0 Å². The molecule has 1 fully saturated rings. The molecule has 2 atom stereocenters. The number of amides is 1. The lowest BCUT2D eigenvalue weighted by Gasteiger charge is -2.05. The summed E-state index contributed by atoms with van der Waals surface area (Å²) in [6, 6.07) is 1.26. The number of rotatable bonds is 2. The highest BCUT2D eigenvalue weighted by molar-refractivity contribution is 5.94. The lowest BCUT2D eigenvalue weighted by molar-refractivity contribution is 0.0945. The monoisotopic (exact) mass is 230 g/mol. The molecule has 1 aromatic rings. The molecule has 0 radical (unpaired) electrons. The van der Waals surface area contributed by atoms with Crippen LogP contribution in [0.4, 0.5) is 13.2 Å². The van der Waals surface area contributed by atoms with Crippen molar-refractivity contribution in [1.82, 2.24) is 5.32 Å². The molecule has 2 rings (SSSR count). The van der Waals surface area contributed by atoms with Crippen molar-refractivity contribution < 1.29 is 18.0 Å². The molecule has 0 aliphatic heterocycles. The highest BCUT2D eigenvalue weighted by Gasteiger charge is 2.35. The van der Waals surface area contributed by atoms with Crippen molar-refractivity contribution in [2.45, 2.75) is 18.5 Å². The van der Waals surface area contributed by atoms with Crippen LogP contribution in [0.2, 0.25) is 0 Å². The zero-order valence-corrected chi connectivity index (χ0v) is 8.14. The number of carbonyl (C=O) groups is 1. The van der Waals surface area contributed by atoms with Gasteiger partial charge in [-0.05, 0) is 18.6 Å². The minimum atomic E-state index is -1.65. The van der Waals surface area contributed by atoms with Crippen LogP contribution in [-0.2, 0) is 0 Å². The van der Waals surface area contributed by atoms with Crippen molar-refractivity contribution in [1.29, 1.82) is 0 Å². The first kappa shape index (κ1) is 10.9. The largest absolute Gasteiger partial charge is 0.348 e. The minimum Gasteiger partial charge on any atom is -0.348 e. The van der Waals surface area contributed by atoms with E-state index in [4.69, 9.17) is 5.73 Å². The van der Waals surface area contributed by atoms with Gasteiger partial charge in [-0.1, -0.05) is 0 Å². The SMILES string of the molecule is NC1CC1NC(=O)c1ccc(F)c(F)c1F. The van der Waals surface area contributed by atoms with E-state index in [9.17, 15) is 18.0 Å². The fourth-order valence-electron chi connectivity index (χ4n) is 1.33. The summed E-state index contributed by atoms with van der Waals surface area (Å²) >= 11 is 0. The Morgan fingerprint density at radius 3 is 2.50 bits per heavy atom. The molecule has 2 unspecified atom stereocenters. The molecule has 3 nitrogen and oxygen atoms in total. The first-order chi connectivity index (χ1) is 7.50. The van der Waals surface area contributed by atoms with Gasteiger partial charge in [-0.25, -0.2) is 13.2 Å². The maximum absolute atomic E-state index is 13.2. The molecule has 6 heteroatoms. The lowest BCUT2D eigenvalue weighted by Crippen LogP contribution is -2.30. The molecule has 0 aromatic heterocycles. The Morgan fingerprint density at radius 2 is 1.94 bits per heavy atom. The zero-order chi connectivity index (χ0) is 11.9.